The van der Waals surface area contributed by atoms with Gasteiger partial charge in [-0.15, -0.1) is 0 Å². The second-order valence-electron chi connectivity index (χ2n) is 5.71. The Labute approximate surface area is 133 Å². The van der Waals surface area contributed by atoms with Gasteiger partial charge in [-0.3, -0.25) is 9.59 Å². The minimum Gasteiger partial charge on any atom is -0.497 e. The summed E-state index contributed by atoms with van der Waals surface area (Å²) in [6, 6.07) is 14.2. The van der Waals surface area contributed by atoms with Crippen molar-refractivity contribution in [2.24, 2.45) is 0 Å². The van der Waals surface area contributed by atoms with Crippen molar-refractivity contribution >= 4 is 17.4 Å². The molecule has 1 saturated heterocycles. The summed E-state index contributed by atoms with van der Waals surface area (Å²) >= 11 is 0. The molecule has 0 N–H and O–H groups in total. The third kappa shape index (κ3) is 1.77. The number of carbonyl (C=O) groups excluding carboxylic acids is 2. The maximum Gasteiger partial charge on any atom is 0.267 e. The quantitative estimate of drug-likeness (QED) is 0.644. The van der Waals surface area contributed by atoms with Crippen LogP contribution in [-0.4, -0.2) is 32.0 Å². The monoisotopic (exact) mass is 309 g/mol. The summed E-state index contributed by atoms with van der Waals surface area (Å²) in [5.74, 6) is 0.298. The van der Waals surface area contributed by atoms with Crippen LogP contribution in [0.25, 0.3) is 0 Å². The van der Waals surface area contributed by atoms with Crippen molar-refractivity contribution in [3.8, 4) is 5.75 Å². The van der Waals surface area contributed by atoms with Crippen LogP contribution in [0.1, 0.15) is 15.9 Å². The molecule has 0 aliphatic carbocycles. The number of hydrogen-bond donors (Lipinski definition) is 0. The predicted molar refractivity (Wildman–Crippen MR) is 83.7 cm³/mol. The molecule has 2 aliphatic heterocycles. The minimum atomic E-state index is -1.15. The van der Waals surface area contributed by atoms with Gasteiger partial charge in [-0.25, -0.2) is 0 Å². The minimum absolute atomic E-state index is 0.189. The van der Waals surface area contributed by atoms with E-state index in [2.05, 4.69) is 0 Å². The molecule has 2 aromatic rings. The van der Waals surface area contributed by atoms with Crippen LogP contribution in [0.15, 0.2) is 48.5 Å². The number of amides is 1. The molecule has 5 heteroatoms. The van der Waals surface area contributed by atoms with Crippen LogP contribution in [-0.2, 0) is 15.1 Å². The van der Waals surface area contributed by atoms with Crippen molar-refractivity contribution in [3.63, 3.8) is 0 Å². The van der Waals surface area contributed by atoms with E-state index in [-0.39, 0.29) is 11.7 Å². The van der Waals surface area contributed by atoms with E-state index in [1.165, 1.54) is 0 Å². The van der Waals surface area contributed by atoms with Gasteiger partial charge in [0.25, 0.3) is 5.91 Å². The maximum atomic E-state index is 12.7. The summed E-state index contributed by atoms with van der Waals surface area (Å²) in [6.07, 6.45) is -0.769. The summed E-state index contributed by atoms with van der Waals surface area (Å²) in [5, 5.41) is 0. The highest BCUT2D eigenvalue weighted by molar-refractivity contribution is 6.15. The molecule has 1 spiro atoms. The molecule has 2 aromatic carbocycles. The number of para-hydroxylation sites is 1. The Bertz CT molecular complexity index is 814. The molecule has 0 saturated carbocycles. The van der Waals surface area contributed by atoms with Crippen LogP contribution >= 0.6 is 0 Å². The Hall–Kier alpha value is -2.66. The maximum absolute atomic E-state index is 12.7. The van der Waals surface area contributed by atoms with Gasteiger partial charge in [-0.2, -0.15) is 0 Å². The molecule has 0 radical (unpaired) electrons. The number of fused-ring (bicyclic) bond motifs is 2. The van der Waals surface area contributed by atoms with E-state index in [0.29, 0.717) is 11.3 Å². The average molecular weight is 309 g/mol. The number of methoxy groups -OCH3 is 1. The van der Waals surface area contributed by atoms with Crippen molar-refractivity contribution < 1.29 is 19.1 Å². The third-order valence-corrected chi connectivity index (χ3v) is 4.52. The smallest absolute Gasteiger partial charge is 0.267 e. The molecule has 0 bridgehead atoms. The van der Waals surface area contributed by atoms with Gasteiger partial charge in [0.1, 0.15) is 5.75 Å². The van der Waals surface area contributed by atoms with E-state index in [4.69, 9.17) is 9.47 Å². The molecule has 116 valence electrons. The molecule has 23 heavy (non-hydrogen) atoms. The summed E-state index contributed by atoms with van der Waals surface area (Å²) in [6.45, 7) is 0. The number of likely N-dealkylation sites (N-methyl/N-ethyl adjacent to an activating group) is 1. The van der Waals surface area contributed by atoms with Crippen LogP contribution in [0.2, 0.25) is 0 Å². The molecule has 2 atom stereocenters. The predicted octanol–water partition coefficient (Wildman–Crippen LogP) is 2.15. The van der Waals surface area contributed by atoms with Gasteiger partial charge in [0.2, 0.25) is 5.60 Å². The number of ether oxygens (including phenoxy) is 2. The molecular weight excluding hydrogens is 294 g/mol. The fourth-order valence-corrected chi connectivity index (χ4v) is 3.22. The first-order valence-electron chi connectivity index (χ1n) is 7.33. The van der Waals surface area contributed by atoms with E-state index >= 15 is 0 Å². The zero-order valence-corrected chi connectivity index (χ0v) is 12.8. The van der Waals surface area contributed by atoms with E-state index in [1.54, 1.807) is 43.3 Å². The van der Waals surface area contributed by atoms with Gasteiger partial charge in [0, 0.05) is 18.2 Å². The molecule has 2 unspecified atom stereocenters. The van der Waals surface area contributed by atoms with Gasteiger partial charge in [0.05, 0.1) is 12.8 Å². The van der Waals surface area contributed by atoms with Crippen molar-refractivity contribution in [2.75, 3.05) is 19.1 Å². The van der Waals surface area contributed by atoms with Crippen LogP contribution in [0.3, 0.4) is 0 Å². The number of anilines is 1. The van der Waals surface area contributed by atoms with Gasteiger partial charge < -0.3 is 14.4 Å². The Morgan fingerprint density at radius 3 is 2.57 bits per heavy atom. The molecule has 1 fully saturated rings. The normalized spacial score (nSPS) is 24.7. The Morgan fingerprint density at radius 1 is 1.17 bits per heavy atom. The average Bonchev–Trinajstić information content (AvgIpc) is 3.32. The summed E-state index contributed by atoms with van der Waals surface area (Å²) < 4.78 is 10.8. The lowest BCUT2D eigenvalue weighted by molar-refractivity contribution is -0.122. The van der Waals surface area contributed by atoms with Crippen LogP contribution < -0.4 is 9.64 Å². The first kappa shape index (κ1) is 14.0. The lowest BCUT2D eigenvalue weighted by Crippen LogP contribution is -2.32. The standard InChI is InChI=1S/C18H15NO4/c1-19-14-6-4-3-5-13(14)18(17(19)21)16(23-18)15(20)11-7-9-12(22-2)10-8-11/h3-10,16H,1-2H3. The van der Waals surface area contributed by atoms with Crippen LogP contribution in [0.5, 0.6) is 5.75 Å². The second kappa shape index (κ2) is 4.67. The number of rotatable bonds is 3. The first-order valence-corrected chi connectivity index (χ1v) is 7.33. The van der Waals surface area contributed by atoms with Gasteiger partial charge in [0.15, 0.2) is 11.9 Å². The molecule has 1 amide bonds. The zero-order valence-electron chi connectivity index (χ0n) is 12.8. The second-order valence-corrected chi connectivity index (χ2v) is 5.71. The zero-order chi connectivity index (χ0) is 16.2. The SMILES string of the molecule is COc1ccc(C(=O)C2OC23C(=O)N(C)c2ccccc23)cc1. The molecular formula is C18H15NO4. The molecule has 4 rings (SSSR count). The number of Topliss-reactive ketones (excluding diaryl/α,β-unsaturated/α-hetero) is 1. The van der Waals surface area contributed by atoms with Crippen molar-refractivity contribution in [3.05, 3.63) is 59.7 Å². The lowest BCUT2D eigenvalue weighted by atomic mass is 9.92. The van der Waals surface area contributed by atoms with Crippen LogP contribution in [0, 0.1) is 0 Å². The highest BCUT2D eigenvalue weighted by atomic mass is 16.6. The number of nitrogens with zero attached hydrogens (tertiary/aromatic N) is 1. The number of hydrogen-bond acceptors (Lipinski definition) is 4. The topological polar surface area (TPSA) is 59.1 Å². The lowest BCUT2D eigenvalue weighted by Gasteiger charge is -2.08. The number of carbonyl (C=O) groups is 2. The fourth-order valence-electron chi connectivity index (χ4n) is 3.22. The molecule has 0 aromatic heterocycles. The highest BCUT2D eigenvalue weighted by Gasteiger charge is 2.71. The van der Waals surface area contributed by atoms with Crippen LogP contribution in [0.4, 0.5) is 5.69 Å². The first-order chi connectivity index (χ1) is 11.1. The summed E-state index contributed by atoms with van der Waals surface area (Å²) in [7, 11) is 3.27. The Kier molecular flexibility index (Phi) is 2.83. The number of benzene rings is 2. The summed E-state index contributed by atoms with van der Waals surface area (Å²) in [5.41, 5.74) is 0.914. The van der Waals surface area contributed by atoms with E-state index in [1.807, 2.05) is 24.3 Å². The summed E-state index contributed by atoms with van der Waals surface area (Å²) in [4.78, 5) is 26.9. The number of ketones is 1. The van der Waals surface area contributed by atoms with Crippen molar-refractivity contribution in [2.45, 2.75) is 11.7 Å². The molecule has 2 aliphatic rings. The Balaban J connectivity index is 1.68. The van der Waals surface area contributed by atoms with Gasteiger partial charge in [-0.05, 0) is 30.3 Å². The van der Waals surface area contributed by atoms with E-state index in [9.17, 15) is 9.59 Å². The van der Waals surface area contributed by atoms with Crippen molar-refractivity contribution in [1.29, 1.82) is 0 Å². The van der Waals surface area contributed by atoms with Gasteiger partial charge >= 0.3 is 0 Å². The van der Waals surface area contributed by atoms with E-state index < -0.39 is 11.7 Å². The van der Waals surface area contributed by atoms with Gasteiger partial charge in [-0.1, -0.05) is 18.2 Å². The largest absolute Gasteiger partial charge is 0.497 e. The third-order valence-electron chi connectivity index (χ3n) is 4.52. The highest BCUT2D eigenvalue weighted by Crippen LogP contribution is 2.56. The Morgan fingerprint density at radius 2 is 1.87 bits per heavy atom. The fraction of sp³-hybridized carbons (Fsp3) is 0.222. The molecule has 5 nitrogen and oxygen atoms in total. The molecule has 2 heterocycles. The van der Waals surface area contributed by atoms with Crippen molar-refractivity contribution in [1.82, 2.24) is 0 Å². The van der Waals surface area contributed by atoms with E-state index in [0.717, 1.165) is 11.3 Å². The number of epoxide rings is 1.